The normalized spacial score (nSPS) is 23.8. The number of hydrogen-bond donors (Lipinski definition) is 2. The lowest BCUT2D eigenvalue weighted by Gasteiger charge is -2.26. The molecular formula is C14H19IN2OS. The number of carbonyl (C=O) groups excluding carboxylic acids is 1. The standard InChI is InChI=1S/C14H19IN2OS/c1-8(14(18)17-9-5-6-9)16-11-3-2-4-12-10(11)7-13(15)19-12/h7-9,11,16H,2-6H2,1H3,(H,17,18). The molecule has 5 heteroatoms. The number of aryl methyl sites for hydroxylation is 1. The van der Waals surface area contributed by atoms with Crippen LogP contribution in [0.25, 0.3) is 0 Å². The van der Waals surface area contributed by atoms with Gasteiger partial charge >= 0.3 is 0 Å². The topological polar surface area (TPSA) is 41.1 Å². The van der Waals surface area contributed by atoms with Crippen LogP contribution >= 0.6 is 33.9 Å². The minimum atomic E-state index is -0.103. The highest BCUT2D eigenvalue weighted by atomic mass is 127. The molecular weight excluding hydrogens is 371 g/mol. The predicted molar refractivity (Wildman–Crippen MR) is 86.5 cm³/mol. The van der Waals surface area contributed by atoms with Crippen molar-refractivity contribution in [3.63, 3.8) is 0 Å². The van der Waals surface area contributed by atoms with E-state index in [4.69, 9.17) is 0 Å². The molecule has 0 aromatic carbocycles. The van der Waals surface area contributed by atoms with E-state index < -0.39 is 0 Å². The summed E-state index contributed by atoms with van der Waals surface area (Å²) in [5.74, 6) is 0.152. The van der Waals surface area contributed by atoms with Crippen molar-refractivity contribution in [1.82, 2.24) is 10.6 Å². The fourth-order valence-electron chi connectivity index (χ4n) is 2.63. The quantitative estimate of drug-likeness (QED) is 0.777. The van der Waals surface area contributed by atoms with Gasteiger partial charge in [-0.1, -0.05) is 0 Å². The van der Waals surface area contributed by atoms with Crippen LogP contribution in [0.2, 0.25) is 0 Å². The zero-order valence-corrected chi connectivity index (χ0v) is 14.0. The summed E-state index contributed by atoms with van der Waals surface area (Å²) < 4.78 is 1.35. The van der Waals surface area contributed by atoms with E-state index in [-0.39, 0.29) is 11.9 Å². The van der Waals surface area contributed by atoms with Crippen molar-refractivity contribution >= 4 is 39.8 Å². The monoisotopic (exact) mass is 390 g/mol. The molecule has 1 heterocycles. The minimum Gasteiger partial charge on any atom is -0.352 e. The Hall–Kier alpha value is -0.140. The van der Waals surface area contributed by atoms with Crippen molar-refractivity contribution in [3.8, 4) is 0 Å². The number of halogens is 1. The first-order valence-electron chi connectivity index (χ1n) is 6.98. The first-order valence-corrected chi connectivity index (χ1v) is 8.87. The van der Waals surface area contributed by atoms with Gasteiger partial charge in [0.15, 0.2) is 0 Å². The Balaban J connectivity index is 1.64. The number of carbonyl (C=O) groups is 1. The third-order valence-corrected chi connectivity index (χ3v) is 5.82. The summed E-state index contributed by atoms with van der Waals surface area (Å²) in [5, 5.41) is 6.58. The lowest BCUT2D eigenvalue weighted by atomic mass is 9.93. The fourth-order valence-corrected chi connectivity index (χ4v) is 4.75. The molecule has 1 amide bonds. The molecule has 3 rings (SSSR count). The highest BCUT2D eigenvalue weighted by Gasteiger charge is 2.28. The summed E-state index contributed by atoms with van der Waals surface area (Å²) in [6.07, 6.45) is 5.85. The molecule has 2 atom stereocenters. The Morgan fingerprint density at radius 3 is 3.00 bits per heavy atom. The van der Waals surface area contributed by atoms with E-state index >= 15 is 0 Å². The molecule has 0 saturated heterocycles. The first-order chi connectivity index (χ1) is 9.13. The van der Waals surface area contributed by atoms with Gasteiger partial charge in [-0.2, -0.15) is 0 Å². The number of fused-ring (bicyclic) bond motifs is 1. The van der Waals surface area contributed by atoms with Crippen molar-refractivity contribution in [2.45, 2.75) is 57.2 Å². The Morgan fingerprint density at radius 1 is 1.47 bits per heavy atom. The van der Waals surface area contributed by atoms with E-state index in [1.807, 2.05) is 18.3 Å². The van der Waals surface area contributed by atoms with E-state index in [2.05, 4.69) is 39.3 Å². The summed E-state index contributed by atoms with van der Waals surface area (Å²) in [4.78, 5) is 13.5. The highest BCUT2D eigenvalue weighted by Crippen LogP contribution is 2.36. The molecule has 1 aromatic heterocycles. The second kappa shape index (κ2) is 5.69. The Morgan fingerprint density at radius 2 is 2.26 bits per heavy atom. The van der Waals surface area contributed by atoms with Crippen LogP contribution in [0.15, 0.2) is 6.07 Å². The summed E-state index contributed by atoms with van der Waals surface area (Å²) >= 11 is 4.29. The van der Waals surface area contributed by atoms with Crippen molar-refractivity contribution in [2.75, 3.05) is 0 Å². The predicted octanol–water partition coefficient (Wildman–Crippen LogP) is 2.99. The zero-order valence-electron chi connectivity index (χ0n) is 11.0. The van der Waals surface area contributed by atoms with Crippen LogP contribution in [-0.2, 0) is 11.2 Å². The van der Waals surface area contributed by atoms with Gasteiger partial charge in [-0.15, -0.1) is 11.3 Å². The number of nitrogens with one attached hydrogen (secondary N) is 2. The second-order valence-electron chi connectivity index (χ2n) is 5.55. The molecule has 1 saturated carbocycles. The SMILES string of the molecule is CC(NC1CCCc2sc(I)cc21)C(=O)NC1CC1. The largest absolute Gasteiger partial charge is 0.352 e. The molecule has 0 aliphatic heterocycles. The van der Waals surface area contributed by atoms with E-state index in [1.165, 1.54) is 26.2 Å². The molecule has 0 bridgehead atoms. The molecule has 19 heavy (non-hydrogen) atoms. The van der Waals surface area contributed by atoms with Gasteiger partial charge in [-0.25, -0.2) is 0 Å². The number of amides is 1. The third kappa shape index (κ3) is 3.31. The third-order valence-electron chi connectivity index (χ3n) is 3.85. The lowest BCUT2D eigenvalue weighted by Crippen LogP contribution is -2.44. The van der Waals surface area contributed by atoms with Crippen LogP contribution in [-0.4, -0.2) is 18.0 Å². The van der Waals surface area contributed by atoms with Gasteiger partial charge in [0, 0.05) is 17.0 Å². The number of thiophene rings is 1. The van der Waals surface area contributed by atoms with Crippen molar-refractivity contribution in [2.24, 2.45) is 0 Å². The van der Waals surface area contributed by atoms with E-state index in [1.54, 1.807) is 0 Å². The average Bonchev–Trinajstić information content (AvgIpc) is 3.09. The van der Waals surface area contributed by atoms with Gasteiger partial charge in [0.1, 0.15) is 0 Å². The zero-order chi connectivity index (χ0) is 13.4. The molecule has 2 N–H and O–H groups in total. The summed E-state index contributed by atoms with van der Waals surface area (Å²) in [6.45, 7) is 1.98. The van der Waals surface area contributed by atoms with E-state index in [0.717, 1.165) is 19.3 Å². The van der Waals surface area contributed by atoms with Crippen LogP contribution in [0.1, 0.15) is 49.1 Å². The molecule has 3 nitrogen and oxygen atoms in total. The van der Waals surface area contributed by atoms with Gasteiger partial charge in [-0.05, 0) is 73.2 Å². The van der Waals surface area contributed by atoms with E-state index in [0.29, 0.717) is 12.1 Å². The molecule has 2 aliphatic rings. The van der Waals surface area contributed by atoms with Gasteiger partial charge in [-0.3, -0.25) is 10.1 Å². The van der Waals surface area contributed by atoms with Crippen molar-refractivity contribution < 1.29 is 4.79 Å². The van der Waals surface area contributed by atoms with Crippen LogP contribution in [0.3, 0.4) is 0 Å². The van der Waals surface area contributed by atoms with Crippen molar-refractivity contribution in [1.29, 1.82) is 0 Å². The molecule has 0 spiro atoms. The molecule has 104 valence electrons. The van der Waals surface area contributed by atoms with Crippen molar-refractivity contribution in [3.05, 3.63) is 19.4 Å². The molecule has 1 aromatic rings. The molecule has 2 aliphatic carbocycles. The Kier molecular flexibility index (Phi) is 4.14. The first kappa shape index (κ1) is 13.8. The minimum absolute atomic E-state index is 0.103. The highest BCUT2D eigenvalue weighted by molar-refractivity contribution is 14.1. The molecule has 1 fully saturated rings. The maximum atomic E-state index is 12.0. The maximum absolute atomic E-state index is 12.0. The van der Waals surface area contributed by atoms with Crippen LogP contribution < -0.4 is 10.6 Å². The van der Waals surface area contributed by atoms with Gasteiger partial charge in [0.2, 0.25) is 5.91 Å². The summed E-state index contributed by atoms with van der Waals surface area (Å²) in [7, 11) is 0. The fraction of sp³-hybridized carbons (Fsp3) is 0.643. The second-order valence-corrected chi connectivity index (χ2v) is 8.58. The van der Waals surface area contributed by atoms with Crippen LogP contribution in [0.4, 0.5) is 0 Å². The molecule has 2 unspecified atom stereocenters. The van der Waals surface area contributed by atoms with E-state index in [9.17, 15) is 4.79 Å². The van der Waals surface area contributed by atoms with Gasteiger partial charge in [0.25, 0.3) is 0 Å². The Bertz CT molecular complexity index is 484. The molecule has 0 radical (unpaired) electrons. The number of rotatable bonds is 4. The maximum Gasteiger partial charge on any atom is 0.237 e. The number of hydrogen-bond acceptors (Lipinski definition) is 3. The lowest BCUT2D eigenvalue weighted by molar-refractivity contribution is -0.123. The van der Waals surface area contributed by atoms with Gasteiger partial charge < -0.3 is 5.32 Å². The Labute approximate surface area is 131 Å². The van der Waals surface area contributed by atoms with Gasteiger partial charge in [0.05, 0.1) is 8.93 Å². The summed E-state index contributed by atoms with van der Waals surface area (Å²) in [5.41, 5.74) is 1.42. The van der Waals surface area contributed by atoms with Crippen LogP contribution in [0, 0.1) is 2.88 Å². The summed E-state index contributed by atoms with van der Waals surface area (Å²) in [6, 6.07) is 2.97. The average molecular weight is 390 g/mol. The van der Waals surface area contributed by atoms with Crippen LogP contribution in [0.5, 0.6) is 0 Å². The smallest absolute Gasteiger partial charge is 0.237 e.